The Morgan fingerprint density at radius 2 is 1.94 bits per heavy atom. The highest BCUT2D eigenvalue weighted by atomic mass is 19.1. The van der Waals surface area contributed by atoms with E-state index < -0.39 is 6.10 Å². The zero-order valence-electron chi connectivity index (χ0n) is 17.8. The molecule has 3 aromatic carbocycles. The van der Waals surface area contributed by atoms with Gasteiger partial charge in [-0.1, -0.05) is 18.2 Å². The van der Waals surface area contributed by atoms with E-state index in [1.54, 1.807) is 73.5 Å². The van der Waals surface area contributed by atoms with Gasteiger partial charge in [0.15, 0.2) is 6.10 Å². The number of hydrogen-bond acceptors (Lipinski definition) is 4. The fourth-order valence-corrected chi connectivity index (χ4v) is 3.59. The first-order chi connectivity index (χ1) is 15.4. The molecule has 2 amide bonds. The number of rotatable bonds is 5. The normalized spacial score (nSPS) is 15.4. The van der Waals surface area contributed by atoms with Crippen LogP contribution in [0, 0.1) is 5.82 Å². The molecule has 1 aliphatic heterocycles. The highest BCUT2D eigenvalue weighted by Gasteiger charge is 2.28. The number of halogens is 1. The second-order valence-corrected chi connectivity index (χ2v) is 7.59. The number of fused-ring (bicyclic) bond motifs is 1. The van der Waals surface area contributed by atoms with Gasteiger partial charge in [-0.2, -0.15) is 0 Å². The first-order valence-electron chi connectivity index (χ1n) is 10.2. The van der Waals surface area contributed by atoms with Crippen LogP contribution < -0.4 is 14.8 Å². The Kier molecular flexibility index (Phi) is 6.07. The molecule has 0 spiro atoms. The monoisotopic (exact) mass is 434 g/mol. The van der Waals surface area contributed by atoms with Crippen LogP contribution in [0.4, 0.5) is 10.1 Å². The number of ether oxygens (including phenoxy) is 2. The van der Waals surface area contributed by atoms with Crippen LogP contribution in [0.15, 0.2) is 66.7 Å². The highest BCUT2D eigenvalue weighted by Crippen LogP contribution is 2.29. The van der Waals surface area contributed by atoms with E-state index in [-0.39, 0.29) is 17.6 Å². The van der Waals surface area contributed by atoms with Crippen molar-refractivity contribution in [2.24, 2.45) is 0 Å². The summed E-state index contributed by atoms with van der Waals surface area (Å²) < 4.78 is 24.3. The zero-order valence-corrected chi connectivity index (χ0v) is 17.8. The zero-order chi connectivity index (χ0) is 22.7. The van der Waals surface area contributed by atoms with Gasteiger partial charge in [0, 0.05) is 29.9 Å². The maximum Gasteiger partial charge on any atom is 0.263 e. The molecule has 3 aromatic rings. The van der Waals surface area contributed by atoms with Gasteiger partial charge in [-0.15, -0.1) is 0 Å². The average Bonchev–Trinajstić information content (AvgIpc) is 2.91. The lowest BCUT2D eigenvalue weighted by Gasteiger charge is -2.22. The fraction of sp³-hybridized carbons (Fsp3) is 0.200. The molecule has 4 rings (SSSR count). The Balaban J connectivity index is 1.55. The van der Waals surface area contributed by atoms with E-state index in [2.05, 4.69) is 5.32 Å². The molecule has 0 bridgehead atoms. The molecule has 0 aromatic heterocycles. The van der Waals surface area contributed by atoms with Gasteiger partial charge in [0.1, 0.15) is 17.3 Å². The quantitative estimate of drug-likeness (QED) is 0.647. The molecule has 1 heterocycles. The van der Waals surface area contributed by atoms with E-state index in [1.165, 1.54) is 12.1 Å². The van der Waals surface area contributed by atoms with E-state index >= 15 is 0 Å². The molecule has 0 saturated carbocycles. The van der Waals surface area contributed by atoms with Crippen LogP contribution in [0.25, 0.3) is 0 Å². The standard InChI is InChI=1S/C25H23FN2O4/c1-16-25(30)28(14-17-6-8-20(26)9-7-17)15-19-12-21(10-11-23(19)32-16)27-24(29)18-4-3-5-22(13-18)31-2/h3-13,16H,14-15H2,1-2H3,(H,27,29)/t16-/m1/s1. The van der Waals surface area contributed by atoms with Gasteiger partial charge in [-0.25, -0.2) is 4.39 Å². The Labute approximate surface area is 185 Å². The smallest absolute Gasteiger partial charge is 0.263 e. The summed E-state index contributed by atoms with van der Waals surface area (Å²) in [4.78, 5) is 27.2. The van der Waals surface area contributed by atoms with Crippen molar-refractivity contribution in [3.05, 3.63) is 89.2 Å². The van der Waals surface area contributed by atoms with Crippen molar-refractivity contribution in [3.63, 3.8) is 0 Å². The fourth-order valence-electron chi connectivity index (χ4n) is 3.59. The van der Waals surface area contributed by atoms with Gasteiger partial charge in [-0.05, 0) is 61.0 Å². The lowest BCUT2D eigenvalue weighted by Crippen LogP contribution is -2.37. The number of amides is 2. The maximum atomic E-state index is 13.2. The van der Waals surface area contributed by atoms with E-state index in [1.807, 2.05) is 0 Å². The lowest BCUT2D eigenvalue weighted by molar-refractivity contribution is -0.138. The van der Waals surface area contributed by atoms with Gasteiger partial charge in [0.25, 0.3) is 11.8 Å². The largest absolute Gasteiger partial charge is 0.497 e. The predicted molar refractivity (Wildman–Crippen MR) is 118 cm³/mol. The number of carbonyl (C=O) groups is 2. The average molecular weight is 434 g/mol. The Morgan fingerprint density at radius 3 is 2.69 bits per heavy atom. The van der Waals surface area contributed by atoms with Gasteiger partial charge in [0.2, 0.25) is 0 Å². The van der Waals surface area contributed by atoms with Crippen LogP contribution >= 0.6 is 0 Å². The topological polar surface area (TPSA) is 67.9 Å². The molecule has 0 unspecified atom stereocenters. The highest BCUT2D eigenvalue weighted by molar-refractivity contribution is 6.04. The third-order valence-corrected chi connectivity index (χ3v) is 5.26. The number of methoxy groups -OCH3 is 1. The third kappa shape index (κ3) is 4.72. The summed E-state index contributed by atoms with van der Waals surface area (Å²) in [6, 6.07) is 18.2. The molecule has 0 radical (unpaired) electrons. The molecular weight excluding hydrogens is 411 g/mol. The second-order valence-electron chi connectivity index (χ2n) is 7.59. The van der Waals surface area contributed by atoms with Crippen molar-refractivity contribution in [2.75, 3.05) is 12.4 Å². The van der Waals surface area contributed by atoms with E-state index in [0.717, 1.165) is 11.1 Å². The summed E-state index contributed by atoms with van der Waals surface area (Å²) in [6.07, 6.45) is -0.658. The van der Waals surface area contributed by atoms with Crippen molar-refractivity contribution >= 4 is 17.5 Å². The molecule has 1 atom stereocenters. The van der Waals surface area contributed by atoms with Crippen LogP contribution in [0.1, 0.15) is 28.4 Å². The van der Waals surface area contributed by atoms with Crippen LogP contribution in [-0.2, 0) is 17.9 Å². The van der Waals surface area contributed by atoms with Gasteiger partial charge in [-0.3, -0.25) is 9.59 Å². The summed E-state index contributed by atoms with van der Waals surface area (Å²) in [5.41, 5.74) is 2.65. The maximum absolute atomic E-state index is 13.2. The SMILES string of the molecule is COc1cccc(C(=O)Nc2ccc3c(c2)CN(Cc2ccc(F)cc2)C(=O)[C@@H](C)O3)c1. The minimum absolute atomic E-state index is 0.160. The van der Waals surface area contributed by atoms with Gasteiger partial charge in [0.05, 0.1) is 7.11 Å². The number of benzene rings is 3. The second kappa shape index (κ2) is 9.09. The number of carbonyl (C=O) groups excluding carboxylic acids is 2. The third-order valence-electron chi connectivity index (χ3n) is 5.26. The van der Waals surface area contributed by atoms with Gasteiger partial charge < -0.3 is 19.7 Å². The minimum Gasteiger partial charge on any atom is -0.497 e. The van der Waals surface area contributed by atoms with Crippen molar-refractivity contribution in [1.29, 1.82) is 0 Å². The number of hydrogen-bond donors (Lipinski definition) is 1. The molecule has 1 aliphatic rings. The van der Waals surface area contributed by atoms with Crippen molar-refractivity contribution in [2.45, 2.75) is 26.1 Å². The molecule has 164 valence electrons. The molecule has 0 fully saturated rings. The van der Waals surface area contributed by atoms with Crippen molar-refractivity contribution in [1.82, 2.24) is 4.90 Å². The summed E-state index contributed by atoms with van der Waals surface area (Å²) in [7, 11) is 1.55. The van der Waals surface area contributed by atoms with E-state index in [4.69, 9.17) is 9.47 Å². The molecule has 0 aliphatic carbocycles. The van der Waals surface area contributed by atoms with Crippen LogP contribution in [-0.4, -0.2) is 29.9 Å². The summed E-state index contributed by atoms with van der Waals surface area (Å²) in [5.74, 6) is 0.427. The summed E-state index contributed by atoms with van der Waals surface area (Å²) in [5, 5.41) is 2.88. The number of nitrogens with zero attached hydrogens (tertiary/aromatic N) is 1. The molecule has 0 saturated heterocycles. The number of nitrogens with one attached hydrogen (secondary N) is 1. The molecule has 6 nitrogen and oxygen atoms in total. The molecular formula is C25H23FN2O4. The van der Waals surface area contributed by atoms with E-state index in [9.17, 15) is 14.0 Å². The van der Waals surface area contributed by atoms with Crippen LogP contribution in [0.2, 0.25) is 0 Å². The summed E-state index contributed by atoms with van der Waals surface area (Å²) in [6.45, 7) is 2.33. The Hall–Kier alpha value is -3.87. The molecule has 7 heteroatoms. The molecule has 32 heavy (non-hydrogen) atoms. The van der Waals surface area contributed by atoms with Gasteiger partial charge >= 0.3 is 0 Å². The van der Waals surface area contributed by atoms with E-state index in [0.29, 0.717) is 35.8 Å². The predicted octanol–water partition coefficient (Wildman–Crippen LogP) is 4.40. The van der Waals surface area contributed by atoms with Crippen molar-refractivity contribution < 1.29 is 23.5 Å². The first kappa shape index (κ1) is 21.4. The first-order valence-corrected chi connectivity index (χ1v) is 10.2. The minimum atomic E-state index is -0.658. The number of anilines is 1. The van der Waals surface area contributed by atoms with Crippen LogP contribution in [0.5, 0.6) is 11.5 Å². The lowest BCUT2D eigenvalue weighted by atomic mass is 10.1. The Bertz CT molecular complexity index is 1150. The Morgan fingerprint density at radius 1 is 1.16 bits per heavy atom. The summed E-state index contributed by atoms with van der Waals surface area (Å²) >= 11 is 0. The molecule has 1 N–H and O–H groups in total. The van der Waals surface area contributed by atoms with Crippen LogP contribution in [0.3, 0.4) is 0 Å². The van der Waals surface area contributed by atoms with Crippen molar-refractivity contribution in [3.8, 4) is 11.5 Å².